The third-order valence-corrected chi connectivity index (χ3v) is 11.1. The van der Waals surface area contributed by atoms with Crippen molar-refractivity contribution in [3.8, 4) is 0 Å². The fraction of sp³-hybridized carbons (Fsp3) is 0.957. The summed E-state index contributed by atoms with van der Waals surface area (Å²) in [5.74, 6) is -0.0832. The minimum atomic E-state index is -3.01. The van der Waals surface area contributed by atoms with Gasteiger partial charge in [-0.15, -0.1) is 0 Å². The fourth-order valence-corrected chi connectivity index (χ4v) is 9.37. The highest BCUT2D eigenvalue weighted by Crippen LogP contribution is 2.57. The Morgan fingerprint density at radius 1 is 1.24 bits per heavy atom. The molecule has 0 aromatic heterocycles. The molecule has 3 fully saturated rings. The molecule has 33 heavy (non-hydrogen) atoms. The van der Waals surface area contributed by atoms with Crippen molar-refractivity contribution in [2.24, 2.45) is 5.92 Å². The molecule has 0 bridgehead atoms. The Kier molecular flexibility index (Phi) is 9.01. The Morgan fingerprint density at radius 2 is 1.97 bits per heavy atom. The molecule has 3 rings (SSSR count). The van der Waals surface area contributed by atoms with Gasteiger partial charge in [0, 0.05) is 38.9 Å². The van der Waals surface area contributed by atoms with Crippen molar-refractivity contribution in [2.45, 2.75) is 96.8 Å². The van der Waals surface area contributed by atoms with Gasteiger partial charge in [-0.3, -0.25) is 4.57 Å². The summed E-state index contributed by atoms with van der Waals surface area (Å²) in [6.07, 6.45) is 1.27. The molecule has 0 spiro atoms. The Balaban J connectivity index is 1.72. The molecule has 10 heteroatoms. The predicted octanol–water partition coefficient (Wildman–Crippen LogP) is 5.32. The monoisotopic (exact) mass is 509 g/mol. The quantitative estimate of drug-likeness (QED) is 0.212. The molecular weight excluding hydrogens is 462 g/mol. The molecule has 0 aromatic rings. The lowest BCUT2D eigenvalue weighted by molar-refractivity contribution is 0.00525. The van der Waals surface area contributed by atoms with E-state index in [0.29, 0.717) is 25.2 Å². The van der Waals surface area contributed by atoms with Crippen LogP contribution in [0.4, 0.5) is 0 Å². The van der Waals surface area contributed by atoms with Crippen molar-refractivity contribution in [1.82, 2.24) is 4.67 Å². The largest absolute Gasteiger partial charge is 0.376 e. The van der Waals surface area contributed by atoms with E-state index in [9.17, 15) is 4.57 Å². The number of rotatable bonds is 11. The molecule has 3 aliphatic rings. The predicted molar refractivity (Wildman–Crippen MR) is 131 cm³/mol. The molecule has 8 nitrogen and oxygen atoms in total. The summed E-state index contributed by atoms with van der Waals surface area (Å²) in [6.45, 7) is 14.4. The zero-order chi connectivity index (χ0) is 26.5. The smallest absolute Gasteiger partial charge is 0.259 e. The zero-order valence-corrected chi connectivity index (χ0v) is 22.1. The molecule has 190 valence electrons. The summed E-state index contributed by atoms with van der Waals surface area (Å²) in [4.78, 5) is 3.39. The van der Waals surface area contributed by atoms with E-state index in [1.54, 1.807) is 0 Å². The molecule has 0 N–H and O–H groups in total. The van der Waals surface area contributed by atoms with Crippen LogP contribution in [0.5, 0.6) is 0 Å². The van der Waals surface area contributed by atoms with Crippen LogP contribution in [0.1, 0.15) is 64.4 Å². The minimum absolute atomic E-state index is 0.0229. The van der Waals surface area contributed by atoms with Crippen LogP contribution in [0, 0.1) is 12.5 Å². The van der Waals surface area contributed by atoms with E-state index in [1.807, 2.05) is 0 Å². The van der Waals surface area contributed by atoms with Gasteiger partial charge in [-0.05, 0) is 66.2 Å². The van der Waals surface area contributed by atoms with Crippen molar-refractivity contribution in [1.29, 1.82) is 0 Å². The summed E-state index contributed by atoms with van der Waals surface area (Å²) in [5, 5.41) is 0. The topological polar surface area (TPSA) is 70.8 Å². The van der Waals surface area contributed by atoms with Crippen LogP contribution >= 0.6 is 15.9 Å². The van der Waals surface area contributed by atoms with Crippen molar-refractivity contribution in [3.05, 3.63) is 11.4 Å². The van der Waals surface area contributed by atoms with Crippen molar-refractivity contribution in [2.75, 3.05) is 38.6 Å². The number of nitrogens with zero attached hydrogens (tertiary/aromatic N) is 2. The van der Waals surface area contributed by atoms with Crippen LogP contribution in [0.15, 0.2) is 0 Å². The Hall–Kier alpha value is -0.0900. The molecule has 3 saturated heterocycles. The maximum Gasteiger partial charge on any atom is 0.259 e. The summed E-state index contributed by atoms with van der Waals surface area (Å²) in [7, 11) is -4.49. The van der Waals surface area contributed by atoms with E-state index in [0.717, 1.165) is 12.8 Å². The summed E-state index contributed by atoms with van der Waals surface area (Å²) in [5.41, 5.74) is 0. The molecule has 1 unspecified atom stereocenters. The van der Waals surface area contributed by atoms with Crippen LogP contribution in [0.2, 0.25) is 0 Å². The molecule has 9 atom stereocenters. The molecular formula is C23H42N2O6P2. The average molecular weight is 510 g/mol. The maximum absolute atomic E-state index is 13.8. The first-order valence-corrected chi connectivity index (χ1v) is 15.1. The van der Waals surface area contributed by atoms with Gasteiger partial charge in [0.2, 0.25) is 13.9 Å². The highest BCUT2D eigenvalue weighted by molar-refractivity contribution is 7.59. The first-order chi connectivity index (χ1) is 17.1. The molecule has 0 amide bonds. The SMILES string of the molecule is [2H]C[C@H]1O[C@H]([3H])C[C@@H]1O[P@@]1(=O)CCC[C@@H]([C@H]2O[C@H]([3H])C[C@@H]2OP(OCC[N+]#[C-])N(C(C)C)C(C)C)C1. The highest BCUT2D eigenvalue weighted by atomic mass is 31.2. The van der Waals surface area contributed by atoms with Crippen LogP contribution in [0.25, 0.3) is 4.85 Å². The standard InChI is InChI=1S/C23H42N2O6P2/c1-17(2)25(18(3)4)32(29-14-11-24-6)30-22-10-13-28-23(22)20-8-7-15-33(26,16-20)31-21-9-12-27-19(21)5/h17-23H,7-16H2,1-5H3/t19-,20-,21+,22+,23-,32?,33+/m1/s1/i5D,12T,13T/t12-,13-,19-,20-,21+,22+,23-,32?,33+. The van der Waals surface area contributed by atoms with Gasteiger partial charge in [-0.1, -0.05) is 0 Å². The van der Waals surface area contributed by atoms with E-state index in [-0.39, 0.29) is 44.2 Å². The van der Waals surface area contributed by atoms with Gasteiger partial charge in [-0.25, -0.2) is 11.2 Å². The Morgan fingerprint density at radius 3 is 2.67 bits per heavy atom. The third kappa shape index (κ3) is 7.45. The molecule has 0 radical (unpaired) electrons. The number of hydrogen-bond acceptors (Lipinski definition) is 7. The molecule has 0 aliphatic carbocycles. The average Bonchev–Trinajstić information content (AvgIpc) is 3.33. The van der Waals surface area contributed by atoms with Crippen LogP contribution in [-0.4, -0.2) is 79.8 Å². The lowest BCUT2D eigenvalue weighted by Gasteiger charge is -2.39. The first kappa shape index (κ1) is 23.3. The maximum atomic E-state index is 13.8. The molecule has 0 aromatic carbocycles. The van der Waals surface area contributed by atoms with Gasteiger partial charge in [0.25, 0.3) is 8.53 Å². The fourth-order valence-electron chi connectivity index (χ4n) is 4.78. The lowest BCUT2D eigenvalue weighted by atomic mass is 9.95. The van der Waals surface area contributed by atoms with Crippen LogP contribution < -0.4 is 0 Å². The Labute approximate surface area is 205 Å². The van der Waals surface area contributed by atoms with Gasteiger partial charge in [0.15, 0.2) is 0 Å². The van der Waals surface area contributed by atoms with Crippen molar-refractivity contribution in [3.63, 3.8) is 0 Å². The lowest BCUT2D eigenvalue weighted by Crippen LogP contribution is -2.39. The van der Waals surface area contributed by atoms with Gasteiger partial charge in [0.1, 0.15) is 6.61 Å². The molecule has 3 heterocycles. The summed E-state index contributed by atoms with van der Waals surface area (Å²) in [6, 6.07) is 0.332. The van der Waals surface area contributed by atoms with Gasteiger partial charge in [0.05, 0.1) is 27.2 Å². The van der Waals surface area contributed by atoms with E-state index >= 15 is 0 Å². The van der Waals surface area contributed by atoms with Gasteiger partial charge < -0.3 is 27.9 Å². The first-order valence-electron chi connectivity index (χ1n) is 13.9. The van der Waals surface area contributed by atoms with Gasteiger partial charge >= 0.3 is 0 Å². The van der Waals surface area contributed by atoms with Gasteiger partial charge in [-0.2, -0.15) is 0 Å². The summed E-state index contributed by atoms with van der Waals surface area (Å²) >= 11 is 0. The van der Waals surface area contributed by atoms with Crippen LogP contribution in [-0.2, 0) is 27.6 Å². The second kappa shape index (κ2) is 12.7. The van der Waals surface area contributed by atoms with Crippen molar-refractivity contribution >= 4 is 15.9 Å². The van der Waals surface area contributed by atoms with E-state index < -0.39 is 47.4 Å². The minimum Gasteiger partial charge on any atom is -0.376 e. The Bertz CT molecular complexity index is 783. The highest BCUT2D eigenvalue weighted by Gasteiger charge is 2.45. The normalized spacial score (nSPS) is 41.8. The zero-order valence-electron chi connectivity index (χ0n) is 23.3. The van der Waals surface area contributed by atoms with E-state index in [1.165, 1.54) is 0 Å². The van der Waals surface area contributed by atoms with E-state index in [4.69, 9.17) is 33.7 Å². The molecule has 3 aliphatic heterocycles. The number of hydrogen-bond donors (Lipinski definition) is 0. The summed E-state index contributed by atoms with van der Waals surface area (Å²) < 4.78 is 70.0. The van der Waals surface area contributed by atoms with Crippen LogP contribution in [0.3, 0.4) is 0 Å². The second-order valence-electron chi connectivity index (χ2n) is 9.51. The third-order valence-electron chi connectivity index (χ3n) is 6.22. The van der Waals surface area contributed by atoms with Crippen molar-refractivity contribution < 1.29 is 31.7 Å². The number of ether oxygens (including phenoxy) is 2. The second-order valence-corrected chi connectivity index (χ2v) is 13.6. The molecule has 0 saturated carbocycles. The van der Waals surface area contributed by atoms with E-state index in [2.05, 4.69) is 37.2 Å².